The van der Waals surface area contributed by atoms with Crippen LogP contribution in [0, 0.1) is 22.6 Å². The van der Waals surface area contributed by atoms with Crippen molar-refractivity contribution in [3.05, 3.63) is 89.7 Å². The summed E-state index contributed by atoms with van der Waals surface area (Å²) in [5, 5.41) is 17.2. The van der Waals surface area contributed by atoms with E-state index in [1.807, 2.05) is 42.5 Å². The molecule has 5 nitrogen and oxygen atoms in total. The fourth-order valence-electron chi connectivity index (χ4n) is 4.23. The van der Waals surface area contributed by atoms with Gasteiger partial charge < -0.3 is 21.4 Å². The molecule has 184 valence electrons. The van der Waals surface area contributed by atoms with E-state index in [1.165, 1.54) is 18.3 Å². The summed E-state index contributed by atoms with van der Waals surface area (Å²) in [6, 6.07) is 21.4. The average Bonchev–Trinajstić information content (AvgIpc) is 2.83. The van der Waals surface area contributed by atoms with Crippen molar-refractivity contribution in [1.29, 1.82) is 5.41 Å². The van der Waals surface area contributed by atoms with E-state index in [4.69, 9.17) is 5.41 Å². The van der Waals surface area contributed by atoms with E-state index < -0.39 is 0 Å². The minimum atomic E-state index is -0.289. The zero-order chi connectivity index (χ0) is 25.4. The van der Waals surface area contributed by atoms with Crippen molar-refractivity contribution in [2.75, 3.05) is 17.2 Å². The third-order valence-electron chi connectivity index (χ3n) is 6.14. The van der Waals surface area contributed by atoms with Crippen LogP contribution in [-0.2, 0) is 0 Å². The van der Waals surface area contributed by atoms with Gasteiger partial charge in [0.05, 0.1) is 0 Å². The van der Waals surface area contributed by atoms with Gasteiger partial charge in [0.25, 0.3) is 0 Å². The van der Waals surface area contributed by atoms with E-state index in [2.05, 4.69) is 49.7 Å². The second-order valence-electron chi connectivity index (χ2n) is 9.97. The largest absolute Gasteiger partial charge is 0.355 e. The van der Waals surface area contributed by atoms with Crippen molar-refractivity contribution in [3.63, 3.8) is 0 Å². The van der Waals surface area contributed by atoms with Crippen LogP contribution in [0.15, 0.2) is 72.8 Å². The van der Waals surface area contributed by atoms with Gasteiger partial charge in [-0.2, -0.15) is 0 Å². The summed E-state index contributed by atoms with van der Waals surface area (Å²) >= 11 is 0. The maximum absolute atomic E-state index is 13.3. The second-order valence-corrected chi connectivity index (χ2v) is 9.97. The van der Waals surface area contributed by atoms with E-state index in [0.29, 0.717) is 12.5 Å². The molecule has 0 heterocycles. The average molecular weight is 475 g/mol. The number of benzene rings is 3. The molecule has 6 heteroatoms. The SMILES string of the molecule is CC(C)CC(c1ccc(Nc2ccc(F)cc2)c(C=N)c1)C(C)(C)CNC(=O)Nc1ccccc1. The Kier molecular flexibility index (Phi) is 8.63. The van der Waals surface area contributed by atoms with Crippen LogP contribution in [-0.4, -0.2) is 18.8 Å². The Balaban J connectivity index is 1.78. The lowest BCUT2D eigenvalue weighted by Gasteiger charge is -2.36. The lowest BCUT2D eigenvalue weighted by molar-refractivity contribution is 0.225. The molecular formula is C29H35FN4O. The Bertz CT molecular complexity index is 1130. The number of rotatable bonds is 10. The Hall–Kier alpha value is -3.67. The molecule has 0 saturated carbocycles. The van der Waals surface area contributed by atoms with Gasteiger partial charge in [-0.15, -0.1) is 0 Å². The molecule has 0 fully saturated rings. The Morgan fingerprint density at radius 2 is 1.69 bits per heavy atom. The predicted octanol–water partition coefficient (Wildman–Crippen LogP) is 7.54. The molecule has 3 aromatic carbocycles. The minimum absolute atomic E-state index is 0.165. The zero-order valence-corrected chi connectivity index (χ0v) is 20.9. The number of amides is 2. The number of hydrogen-bond acceptors (Lipinski definition) is 3. The quantitative estimate of drug-likeness (QED) is 0.229. The second kappa shape index (κ2) is 11.6. The summed E-state index contributed by atoms with van der Waals surface area (Å²) in [5.41, 5.74) is 3.94. The maximum atomic E-state index is 13.3. The highest BCUT2D eigenvalue weighted by Crippen LogP contribution is 2.41. The van der Waals surface area contributed by atoms with Gasteiger partial charge in [-0.1, -0.05) is 52.0 Å². The van der Waals surface area contributed by atoms with Crippen LogP contribution in [0.3, 0.4) is 0 Å². The summed E-state index contributed by atoms with van der Waals surface area (Å²) < 4.78 is 13.3. The maximum Gasteiger partial charge on any atom is 0.319 e. The van der Waals surface area contributed by atoms with Gasteiger partial charge >= 0.3 is 6.03 Å². The first-order chi connectivity index (χ1) is 16.7. The molecule has 0 bridgehead atoms. The van der Waals surface area contributed by atoms with E-state index in [-0.39, 0.29) is 23.2 Å². The monoisotopic (exact) mass is 474 g/mol. The fraction of sp³-hybridized carbons (Fsp3) is 0.310. The standard InChI is InChI=1S/C29H35FN4O/c1-20(2)16-26(29(3,4)19-32-28(35)34-24-8-6-5-7-9-24)21-10-15-27(22(17-21)18-31)33-25-13-11-23(30)12-14-25/h5-15,17-18,20,26,31,33H,16,19H2,1-4H3,(H2,32,34,35). The third-order valence-corrected chi connectivity index (χ3v) is 6.14. The molecule has 1 atom stereocenters. The molecule has 0 aliphatic heterocycles. The van der Waals surface area contributed by atoms with Crippen LogP contribution in [0.2, 0.25) is 0 Å². The van der Waals surface area contributed by atoms with Gasteiger partial charge in [0.15, 0.2) is 0 Å². The molecule has 0 spiro atoms. The molecule has 0 radical (unpaired) electrons. The van der Waals surface area contributed by atoms with Gasteiger partial charge in [0, 0.05) is 35.4 Å². The highest BCUT2D eigenvalue weighted by molar-refractivity contribution is 5.89. The normalized spacial score (nSPS) is 12.2. The Labute approximate surface area is 207 Å². The first kappa shape index (κ1) is 25.9. The summed E-state index contributed by atoms with van der Waals surface area (Å²) in [4.78, 5) is 12.5. The highest BCUT2D eigenvalue weighted by Gasteiger charge is 2.32. The van der Waals surface area contributed by atoms with Crippen molar-refractivity contribution >= 4 is 29.3 Å². The summed E-state index contributed by atoms with van der Waals surface area (Å²) in [6.07, 6.45) is 2.28. The smallest absolute Gasteiger partial charge is 0.319 e. The van der Waals surface area contributed by atoms with E-state index >= 15 is 0 Å². The first-order valence-corrected chi connectivity index (χ1v) is 11.9. The zero-order valence-electron chi connectivity index (χ0n) is 20.9. The van der Waals surface area contributed by atoms with E-state index in [1.54, 1.807) is 12.1 Å². The van der Waals surface area contributed by atoms with Crippen molar-refractivity contribution in [1.82, 2.24) is 5.32 Å². The summed E-state index contributed by atoms with van der Waals surface area (Å²) in [5.74, 6) is 0.332. The van der Waals surface area contributed by atoms with Gasteiger partial charge in [-0.25, -0.2) is 9.18 Å². The third kappa shape index (κ3) is 7.41. The summed E-state index contributed by atoms with van der Waals surface area (Å²) in [7, 11) is 0. The molecule has 3 aromatic rings. The van der Waals surface area contributed by atoms with Crippen LogP contribution in [0.25, 0.3) is 0 Å². The van der Waals surface area contributed by atoms with Gasteiger partial charge in [-0.05, 0) is 77.8 Å². The Morgan fingerprint density at radius 1 is 1.00 bits per heavy atom. The van der Waals surface area contributed by atoms with Crippen LogP contribution in [0.5, 0.6) is 0 Å². The fourth-order valence-corrected chi connectivity index (χ4v) is 4.23. The topological polar surface area (TPSA) is 77.0 Å². The highest BCUT2D eigenvalue weighted by atomic mass is 19.1. The Morgan fingerprint density at radius 3 is 2.31 bits per heavy atom. The van der Waals surface area contributed by atoms with Gasteiger partial charge in [-0.3, -0.25) is 0 Å². The number of nitrogens with one attached hydrogen (secondary N) is 4. The van der Waals surface area contributed by atoms with Crippen LogP contribution in [0.1, 0.15) is 51.2 Å². The minimum Gasteiger partial charge on any atom is -0.355 e. The molecule has 0 aliphatic carbocycles. The van der Waals surface area contributed by atoms with Crippen LogP contribution < -0.4 is 16.0 Å². The van der Waals surface area contributed by atoms with E-state index in [9.17, 15) is 9.18 Å². The number of hydrogen-bond donors (Lipinski definition) is 4. The molecule has 1 unspecified atom stereocenters. The van der Waals surface area contributed by atoms with Crippen molar-refractivity contribution in [2.45, 2.75) is 40.0 Å². The number of para-hydroxylation sites is 1. The molecule has 35 heavy (non-hydrogen) atoms. The lowest BCUT2D eigenvalue weighted by atomic mass is 9.71. The van der Waals surface area contributed by atoms with Crippen molar-refractivity contribution < 1.29 is 9.18 Å². The molecule has 3 rings (SSSR count). The van der Waals surface area contributed by atoms with Crippen molar-refractivity contribution in [3.8, 4) is 0 Å². The predicted molar refractivity (Wildman–Crippen MR) is 143 cm³/mol. The van der Waals surface area contributed by atoms with Gasteiger partial charge in [0.2, 0.25) is 0 Å². The van der Waals surface area contributed by atoms with Crippen LogP contribution in [0.4, 0.5) is 26.2 Å². The number of anilines is 3. The molecule has 4 N–H and O–H groups in total. The lowest BCUT2D eigenvalue weighted by Crippen LogP contribution is -2.40. The summed E-state index contributed by atoms with van der Waals surface area (Å²) in [6.45, 7) is 9.22. The number of urea groups is 1. The molecule has 0 aromatic heterocycles. The van der Waals surface area contributed by atoms with Crippen molar-refractivity contribution in [2.24, 2.45) is 11.3 Å². The molecule has 2 amide bonds. The molecular weight excluding hydrogens is 439 g/mol. The first-order valence-electron chi connectivity index (χ1n) is 11.9. The number of halogens is 1. The van der Waals surface area contributed by atoms with E-state index in [0.717, 1.165) is 34.6 Å². The number of carbonyl (C=O) groups excluding carboxylic acids is 1. The van der Waals surface area contributed by atoms with Crippen LogP contribution >= 0.6 is 0 Å². The molecule has 0 aliphatic rings. The molecule has 0 saturated heterocycles. The van der Waals surface area contributed by atoms with Gasteiger partial charge in [0.1, 0.15) is 5.82 Å². The number of carbonyl (C=O) groups is 1.